The first-order valence-corrected chi connectivity index (χ1v) is 8.24. The third-order valence-corrected chi connectivity index (χ3v) is 4.98. The summed E-state index contributed by atoms with van der Waals surface area (Å²) in [6.07, 6.45) is 6.91. The molecule has 122 valence electrons. The van der Waals surface area contributed by atoms with E-state index in [4.69, 9.17) is 4.74 Å². The summed E-state index contributed by atoms with van der Waals surface area (Å²) in [5.74, 6) is 0.458. The number of hydrogen-bond donors (Lipinski definition) is 1. The fraction of sp³-hybridized carbons (Fsp3) is 0.706. The number of carbonyl (C=O) groups is 3. The third kappa shape index (κ3) is 4.18. The first-order valence-electron chi connectivity index (χ1n) is 8.24. The molecule has 0 saturated heterocycles. The predicted molar refractivity (Wildman–Crippen MR) is 81.7 cm³/mol. The van der Waals surface area contributed by atoms with Crippen LogP contribution < -0.4 is 5.32 Å². The lowest BCUT2D eigenvalue weighted by atomic mass is 9.72. The third-order valence-electron chi connectivity index (χ3n) is 4.98. The molecule has 1 fully saturated rings. The quantitative estimate of drug-likeness (QED) is 0.604. The van der Waals surface area contributed by atoms with Crippen molar-refractivity contribution in [3.05, 3.63) is 11.6 Å². The average molecular weight is 307 g/mol. The molecule has 0 bridgehead atoms. The molecule has 2 aliphatic rings. The smallest absolute Gasteiger partial charge is 0.310 e. The van der Waals surface area contributed by atoms with E-state index in [1.54, 1.807) is 0 Å². The Hall–Kier alpha value is -1.65. The molecule has 0 aromatic carbocycles. The van der Waals surface area contributed by atoms with Gasteiger partial charge in [0.2, 0.25) is 0 Å². The second-order valence-electron chi connectivity index (χ2n) is 6.36. The monoisotopic (exact) mass is 307 g/mol. The molecule has 2 unspecified atom stereocenters. The summed E-state index contributed by atoms with van der Waals surface area (Å²) in [4.78, 5) is 34.3. The minimum Gasteiger partial charge on any atom is -0.465 e. The maximum atomic E-state index is 11.9. The molecule has 0 spiro atoms. The van der Waals surface area contributed by atoms with Crippen molar-refractivity contribution in [3.63, 3.8) is 0 Å². The number of rotatable bonds is 6. The van der Waals surface area contributed by atoms with Crippen molar-refractivity contribution < 1.29 is 19.1 Å². The van der Waals surface area contributed by atoms with E-state index in [-0.39, 0.29) is 12.0 Å². The van der Waals surface area contributed by atoms with Crippen molar-refractivity contribution in [2.45, 2.75) is 52.4 Å². The first-order chi connectivity index (χ1) is 10.5. The van der Waals surface area contributed by atoms with E-state index < -0.39 is 17.8 Å². The van der Waals surface area contributed by atoms with Crippen LogP contribution in [0.25, 0.3) is 0 Å². The Morgan fingerprint density at radius 2 is 2.00 bits per heavy atom. The van der Waals surface area contributed by atoms with Crippen LogP contribution in [0.15, 0.2) is 11.6 Å². The van der Waals surface area contributed by atoms with E-state index in [1.165, 1.54) is 25.3 Å². The molecule has 1 N–H and O–H groups in total. The minimum absolute atomic E-state index is 0.126. The topological polar surface area (TPSA) is 72.5 Å². The Kier molecular flexibility index (Phi) is 5.75. The second kappa shape index (κ2) is 7.56. The highest BCUT2D eigenvalue weighted by atomic mass is 16.5. The summed E-state index contributed by atoms with van der Waals surface area (Å²) in [6, 6.07) is 0. The van der Waals surface area contributed by atoms with Crippen LogP contribution in [0.4, 0.5) is 0 Å². The van der Waals surface area contributed by atoms with Gasteiger partial charge in [-0.3, -0.25) is 19.7 Å². The van der Waals surface area contributed by atoms with Crippen LogP contribution in [0.3, 0.4) is 0 Å². The number of amides is 2. The van der Waals surface area contributed by atoms with Crippen LogP contribution >= 0.6 is 0 Å². The normalized spacial score (nSPS) is 28.3. The molecular weight excluding hydrogens is 282 g/mol. The number of imide groups is 1. The van der Waals surface area contributed by atoms with Gasteiger partial charge < -0.3 is 4.74 Å². The van der Waals surface area contributed by atoms with Crippen molar-refractivity contribution in [3.8, 4) is 0 Å². The van der Waals surface area contributed by atoms with Crippen LogP contribution in [0.2, 0.25) is 0 Å². The number of nitrogens with one attached hydrogen (secondary N) is 1. The van der Waals surface area contributed by atoms with Gasteiger partial charge in [0, 0.05) is 11.6 Å². The molecule has 2 rings (SSSR count). The summed E-state index contributed by atoms with van der Waals surface area (Å²) in [7, 11) is 0. The average Bonchev–Trinajstić information content (AvgIpc) is 2.82. The highest BCUT2D eigenvalue weighted by molar-refractivity contribution is 6.17. The summed E-state index contributed by atoms with van der Waals surface area (Å²) in [6.45, 7) is 4.85. The second-order valence-corrected chi connectivity index (χ2v) is 6.36. The van der Waals surface area contributed by atoms with Crippen molar-refractivity contribution in [2.75, 3.05) is 6.61 Å². The maximum Gasteiger partial charge on any atom is 0.310 e. The minimum atomic E-state index is -0.489. The van der Waals surface area contributed by atoms with Crippen molar-refractivity contribution in [1.29, 1.82) is 0 Å². The zero-order valence-corrected chi connectivity index (χ0v) is 13.4. The van der Waals surface area contributed by atoms with E-state index in [9.17, 15) is 14.4 Å². The molecule has 22 heavy (non-hydrogen) atoms. The Morgan fingerprint density at radius 3 is 2.59 bits per heavy atom. The SMILES string of the molecule is CCC1CC[C@H](COC(=O)CC2=CC(=O)NC2=O)C(CC)C1. The van der Waals surface area contributed by atoms with E-state index in [0.29, 0.717) is 18.4 Å². The van der Waals surface area contributed by atoms with E-state index in [1.807, 2.05) is 0 Å². The lowest BCUT2D eigenvalue weighted by Gasteiger charge is -2.35. The molecule has 1 aliphatic heterocycles. The van der Waals surface area contributed by atoms with Gasteiger partial charge in [-0.05, 0) is 30.6 Å². The molecule has 3 atom stereocenters. The first kappa shape index (κ1) is 16.7. The van der Waals surface area contributed by atoms with Gasteiger partial charge in [0.1, 0.15) is 0 Å². The Labute approximate surface area is 131 Å². The Balaban J connectivity index is 1.79. The molecule has 5 nitrogen and oxygen atoms in total. The standard InChI is InChI=1S/C17H25NO4/c1-3-11-5-6-13(12(4-2)7-11)10-22-16(20)9-14-8-15(19)18-17(14)21/h8,11-13H,3-7,9-10H2,1-2H3,(H,18,19,21)/t11?,12?,13-/m1/s1. The van der Waals surface area contributed by atoms with Crippen molar-refractivity contribution in [2.24, 2.45) is 17.8 Å². The number of esters is 1. The molecular formula is C17H25NO4. The van der Waals surface area contributed by atoms with Gasteiger partial charge in [-0.15, -0.1) is 0 Å². The van der Waals surface area contributed by atoms with Crippen LogP contribution in [0.5, 0.6) is 0 Å². The summed E-state index contributed by atoms with van der Waals surface area (Å²) < 4.78 is 5.36. The molecule has 5 heteroatoms. The maximum absolute atomic E-state index is 11.9. The van der Waals surface area contributed by atoms with Crippen LogP contribution in [-0.4, -0.2) is 24.4 Å². The van der Waals surface area contributed by atoms with E-state index in [2.05, 4.69) is 19.2 Å². The molecule has 1 saturated carbocycles. The fourth-order valence-corrected chi connectivity index (χ4v) is 3.50. The highest BCUT2D eigenvalue weighted by Crippen LogP contribution is 2.37. The lowest BCUT2D eigenvalue weighted by molar-refractivity contribution is -0.146. The van der Waals surface area contributed by atoms with Crippen LogP contribution in [-0.2, 0) is 19.1 Å². The molecule has 2 amide bonds. The van der Waals surface area contributed by atoms with Gasteiger partial charge in [0.25, 0.3) is 11.8 Å². The molecule has 0 radical (unpaired) electrons. The van der Waals surface area contributed by atoms with Gasteiger partial charge in [-0.2, -0.15) is 0 Å². The predicted octanol–water partition coefficient (Wildman–Crippen LogP) is 2.36. The summed E-state index contributed by atoms with van der Waals surface area (Å²) >= 11 is 0. The fourth-order valence-electron chi connectivity index (χ4n) is 3.50. The Morgan fingerprint density at radius 1 is 1.23 bits per heavy atom. The van der Waals surface area contributed by atoms with Crippen LogP contribution in [0.1, 0.15) is 52.4 Å². The highest BCUT2D eigenvalue weighted by Gasteiger charge is 2.30. The summed E-state index contributed by atoms with van der Waals surface area (Å²) in [5, 5.41) is 2.13. The molecule has 1 heterocycles. The van der Waals surface area contributed by atoms with E-state index in [0.717, 1.165) is 18.8 Å². The van der Waals surface area contributed by atoms with E-state index >= 15 is 0 Å². The van der Waals surface area contributed by atoms with Crippen molar-refractivity contribution in [1.82, 2.24) is 5.32 Å². The zero-order chi connectivity index (χ0) is 16.1. The number of carbonyl (C=O) groups excluding carboxylic acids is 3. The van der Waals surface area contributed by atoms with Gasteiger partial charge in [-0.1, -0.05) is 33.1 Å². The number of ether oxygens (including phenoxy) is 1. The van der Waals surface area contributed by atoms with Crippen molar-refractivity contribution >= 4 is 17.8 Å². The van der Waals surface area contributed by atoms with Gasteiger partial charge >= 0.3 is 5.97 Å². The zero-order valence-electron chi connectivity index (χ0n) is 13.4. The largest absolute Gasteiger partial charge is 0.465 e. The molecule has 0 aromatic rings. The lowest BCUT2D eigenvalue weighted by Crippen LogP contribution is -2.29. The molecule has 0 aromatic heterocycles. The van der Waals surface area contributed by atoms with Gasteiger partial charge in [-0.25, -0.2) is 0 Å². The molecule has 1 aliphatic carbocycles. The summed E-state index contributed by atoms with van der Waals surface area (Å²) in [5.41, 5.74) is 0.191. The van der Waals surface area contributed by atoms with Crippen LogP contribution in [0, 0.1) is 17.8 Å². The Bertz CT molecular complexity index is 483. The van der Waals surface area contributed by atoms with Gasteiger partial charge in [0.05, 0.1) is 13.0 Å². The number of hydrogen-bond acceptors (Lipinski definition) is 4. The van der Waals surface area contributed by atoms with Gasteiger partial charge in [0.15, 0.2) is 0 Å².